The normalized spacial score (nSPS) is 10.1. The fraction of sp³-hybridized carbons (Fsp3) is 0.143. The van der Waals surface area contributed by atoms with E-state index in [1.54, 1.807) is 24.3 Å². The minimum absolute atomic E-state index is 0.118. The highest BCUT2D eigenvalue weighted by Crippen LogP contribution is 2.24. The van der Waals surface area contributed by atoms with Crippen molar-refractivity contribution >= 4 is 0 Å². The maximum absolute atomic E-state index is 9.45. The molecule has 0 atom stereocenters. The summed E-state index contributed by atoms with van der Waals surface area (Å²) in [5, 5.41) is 9.45. The second-order valence-electron chi connectivity index (χ2n) is 3.56. The minimum atomic E-state index is 0.118. The Labute approximate surface area is 100 Å². The monoisotopic (exact) mass is 230 g/mol. The van der Waals surface area contributed by atoms with Gasteiger partial charge in [-0.25, -0.2) is 0 Å². The van der Waals surface area contributed by atoms with Gasteiger partial charge in [0.25, 0.3) is 0 Å². The maximum Gasteiger partial charge on any atom is 0.189 e. The SMILES string of the molecule is Oc1ccccc1OCOCc1ccccc1. The van der Waals surface area contributed by atoms with E-state index in [-0.39, 0.29) is 12.5 Å². The Hall–Kier alpha value is -2.00. The van der Waals surface area contributed by atoms with Crippen LogP contribution in [0.3, 0.4) is 0 Å². The van der Waals surface area contributed by atoms with Crippen molar-refractivity contribution in [1.82, 2.24) is 0 Å². The molecule has 0 aliphatic rings. The lowest BCUT2D eigenvalue weighted by Gasteiger charge is -2.08. The zero-order chi connectivity index (χ0) is 11.9. The third-order valence-corrected chi connectivity index (χ3v) is 2.27. The lowest BCUT2D eigenvalue weighted by molar-refractivity contribution is 0.00376. The molecule has 0 amide bonds. The summed E-state index contributed by atoms with van der Waals surface area (Å²) in [7, 11) is 0. The standard InChI is InChI=1S/C14H14O3/c15-13-8-4-5-9-14(13)17-11-16-10-12-6-2-1-3-7-12/h1-9,15H,10-11H2. The first kappa shape index (κ1) is 11.5. The first-order valence-corrected chi connectivity index (χ1v) is 5.39. The van der Waals surface area contributed by atoms with Crippen LogP contribution in [0.5, 0.6) is 11.5 Å². The first-order chi connectivity index (χ1) is 8.36. The van der Waals surface area contributed by atoms with E-state index in [1.807, 2.05) is 30.3 Å². The van der Waals surface area contributed by atoms with Crippen molar-refractivity contribution in [3.8, 4) is 11.5 Å². The van der Waals surface area contributed by atoms with Crippen molar-refractivity contribution in [2.75, 3.05) is 6.79 Å². The van der Waals surface area contributed by atoms with Crippen molar-refractivity contribution in [3.63, 3.8) is 0 Å². The van der Waals surface area contributed by atoms with Gasteiger partial charge in [-0.1, -0.05) is 42.5 Å². The van der Waals surface area contributed by atoms with E-state index in [9.17, 15) is 5.11 Å². The molecule has 3 heteroatoms. The van der Waals surface area contributed by atoms with Gasteiger partial charge in [0.05, 0.1) is 6.61 Å². The van der Waals surface area contributed by atoms with Gasteiger partial charge in [-0.05, 0) is 17.7 Å². The van der Waals surface area contributed by atoms with Gasteiger partial charge in [0.1, 0.15) is 0 Å². The van der Waals surface area contributed by atoms with Crippen molar-refractivity contribution in [3.05, 3.63) is 60.2 Å². The van der Waals surface area contributed by atoms with Gasteiger partial charge < -0.3 is 14.6 Å². The van der Waals surface area contributed by atoms with Crippen LogP contribution in [0.4, 0.5) is 0 Å². The number of aromatic hydroxyl groups is 1. The highest BCUT2D eigenvalue weighted by Gasteiger charge is 1.99. The predicted octanol–water partition coefficient (Wildman–Crippen LogP) is 2.95. The Morgan fingerprint density at radius 2 is 1.59 bits per heavy atom. The van der Waals surface area contributed by atoms with Gasteiger partial charge >= 0.3 is 0 Å². The lowest BCUT2D eigenvalue weighted by Crippen LogP contribution is -2.02. The number of rotatable bonds is 5. The third kappa shape index (κ3) is 3.50. The number of phenols is 1. The van der Waals surface area contributed by atoms with Crippen LogP contribution < -0.4 is 4.74 Å². The lowest BCUT2D eigenvalue weighted by atomic mass is 10.2. The highest BCUT2D eigenvalue weighted by molar-refractivity contribution is 5.37. The molecule has 3 nitrogen and oxygen atoms in total. The van der Waals surface area contributed by atoms with Crippen LogP contribution in [0, 0.1) is 0 Å². The molecule has 0 bridgehead atoms. The molecule has 0 aliphatic carbocycles. The van der Waals surface area contributed by atoms with Crippen molar-refractivity contribution in [2.24, 2.45) is 0 Å². The zero-order valence-electron chi connectivity index (χ0n) is 9.37. The number of benzene rings is 2. The topological polar surface area (TPSA) is 38.7 Å². The molecule has 2 aromatic carbocycles. The Kier molecular flexibility index (Phi) is 4.00. The number of para-hydroxylation sites is 2. The number of ether oxygens (including phenoxy) is 2. The Morgan fingerprint density at radius 1 is 0.882 bits per heavy atom. The van der Waals surface area contributed by atoms with Gasteiger partial charge in [0.2, 0.25) is 0 Å². The average Bonchev–Trinajstić information content (AvgIpc) is 2.38. The molecule has 0 radical (unpaired) electrons. The molecule has 88 valence electrons. The van der Waals surface area contributed by atoms with Crippen LogP contribution >= 0.6 is 0 Å². The van der Waals surface area contributed by atoms with Crippen LogP contribution in [-0.2, 0) is 11.3 Å². The molecule has 2 aromatic rings. The molecular formula is C14H14O3. The van der Waals surface area contributed by atoms with E-state index in [2.05, 4.69) is 0 Å². The molecule has 0 aliphatic heterocycles. The molecule has 0 heterocycles. The van der Waals surface area contributed by atoms with Crippen LogP contribution in [0.15, 0.2) is 54.6 Å². The minimum Gasteiger partial charge on any atom is -0.504 e. The summed E-state index contributed by atoms with van der Waals surface area (Å²) >= 11 is 0. The highest BCUT2D eigenvalue weighted by atomic mass is 16.7. The van der Waals surface area contributed by atoms with E-state index >= 15 is 0 Å². The Morgan fingerprint density at radius 3 is 2.35 bits per heavy atom. The second kappa shape index (κ2) is 5.92. The van der Waals surface area contributed by atoms with Crippen LogP contribution in [0.25, 0.3) is 0 Å². The molecule has 0 aromatic heterocycles. The van der Waals surface area contributed by atoms with E-state index < -0.39 is 0 Å². The van der Waals surface area contributed by atoms with E-state index in [1.165, 1.54) is 0 Å². The van der Waals surface area contributed by atoms with Gasteiger partial charge in [0.15, 0.2) is 18.3 Å². The molecule has 0 saturated carbocycles. The van der Waals surface area contributed by atoms with Gasteiger partial charge in [-0.2, -0.15) is 0 Å². The molecule has 0 spiro atoms. The summed E-state index contributed by atoms with van der Waals surface area (Å²) in [6, 6.07) is 16.7. The van der Waals surface area contributed by atoms with Crippen LogP contribution in [0.1, 0.15) is 5.56 Å². The fourth-order valence-corrected chi connectivity index (χ4v) is 1.42. The summed E-state index contributed by atoms with van der Waals surface area (Å²) in [6.45, 7) is 0.612. The summed E-state index contributed by atoms with van der Waals surface area (Å²) in [4.78, 5) is 0. The van der Waals surface area contributed by atoms with Crippen molar-refractivity contribution in [1.29, 1.82) is 0 Å². The summed E-state index contributed by atoms with van der Waals surface area (Å²) < 4.78 is 10.6. The summed E-state index contributed by atoms with van der Waals surface area (Å²) in [6.07, 6.45) is 0. The molecule has 0 saturated heterocycles. The quantitative estimate of drug-likeness (QED) is 0.634. The zero-order valence-corrected chi connectivity index (χ0v) is 9.37. The number of phenolic OH excluding ortho intramolecular Hbond substituents is 1. The van der Waals surface area contributed by atoms with Gasteiger partial charge in [-0.3, -0.25) is 0 Å². The predicted molar refractivity (Wildman–Crippen MR) is 64.8 cm³/mol. The molecule has 17 heavy (non-hydrogen) atoms. The summed E-state index contributed by atoms with van der Waals surface area (Å²) in [5.74, 6) is 0.552. The van der Waals surface area contributed by atoms with E-state index in [0.29, 0.717) is 12.4 Å². The van der Waals surface area contributed by atoms with Crippen LogP contribution in [0.2, 0.25) is 0 Å². The molecule has 0 unspecified atom stereocenters. The molecule has 0 fully saturated rings. The first-order valence-electron chi connectivity index (χ1n) is 5.39. The second-order valence-corrected chi connectivity index (χ2v) is 3.56. The van der Waals surface area contributed by atoms with Gasteiger partial charge in [-0.15, -0.1) is 0 Å². The largest absolute Gasteiger partial charge is 0.504 e. The molecule has 2 rings (SSSR count). The van der Waals surface area contributed by atoms with E-state index in [0.717, 1.165) is 5.56 Å². The van der Waals surface area contributed by atoms with E-state index in [4.69, 9.17) is 9.47 Å². The van der Waals surface area contributed by atoms with Crippen molar-refractivity contribution < 1.29 is 14.6 Å². The van der Waals surface area contributed by atoms with Gasteiger partial charge in [0, 0.05) is 0 Å². The average molecular weight is 230 g/mol. The Balaban J connectivity index is 1.76. The fourth-order valence-electron chi connectivity index (χ4n) is 1.42. The Bertz CT molecular complexity index is 454. The summed E-state index contributed by atoms with van der Waals surface area (Å²) in [5.41, 5.74) is 1.09. The van der Waals surface area contributed by atoms with Crippen LogP contribution in [-0.4, -0.2) is 11.9 Å². The smallest absolute Gasteiger partial charge is 0.189 e. The maximum atomic E-state index is 9.45. The van der Waals surface area contributed by atoms with Crippen molar-refractivity contribution in [2.45, 2.75) is 6.61 Å². The third-order valence-electron chi connectivity index (χ3n) is 2.27. The molecule has 1 N–H and O–H groups in total. The number of hydrogen-bond acceptors (Lipinski definition) is 3. The number of hydrogen-bond donors (Lipinski definition) is 1. The molecular weight excluding hydrogens is 216 g/mol.